The van der Waals surface area contributed by atoms with Gasteiger partial charge in [0.05, 0.1) is 6.42 Å². The third-order valence-corrected chi connectivity index (χ3v) is 2.38. The molecule has 0 saturated carbocycles. The lowest BCUT2D eigenvalue weighted by molar-refractivity contribution is -0.137. The highest BCUT2D eigenvalue weighted by molar-refractivity contribution is 9.10. The Kier molecular flexibility index (Phi) is 4.10. The number of hydrogen-bond acceptors (Lipinski definition) is 2. The molecule has 0 aliphatic carbocycles. The third kappa shape index (κ3) is 3.89. The minimum atomic E-state index is -0.852. The van der Waals surface area contributed by atoms with Gasteiger partial charge in [0.15, 0.2) is 0 Å². The van der Waals surface area contributed by atoms with Crippen LogP contribution >= 0.6 is 15.9 Å². The van der Waals surface area contributed by atoms with Gasteiger partial charge in [0, 0.05) is 10.5 Å². The van der Waals surface area contributed by atoms with Crippen molar-refractivity contribution >= 4 is 21.9 Å². The monoisotopic (exact) mass is 257 g/mol. The number of carboxylic acids is 1. The van der Waals surface area contributed by atoms with Gasteiger partial charge in [-0.05, 0) is 24.1 Å². The Morgan fingerprint density at radius 3 is 2.50 bits per heavy atom. The molecule has 0 bridgehead atoms. The second-order valence-corrected chi connectivity index (χ2v) is 4.10. The van der Waals surface area contributed by atoms with Crippen LogP contribution < -0.4 is 5.73 Å². The van der Waals surface area contributed by atoms with Gasteiger partial charge in [0.25, 0.3) is 0 Å². The Bertz CT molecular complexity index is 310. The fraction of sp³-hybridized carbons (Fsp3) is 0.300. The summed E-state index contributed by atoms with van der Waals surface area (Å²) in [6.07, 6.45) is 0.607. The van der Waals surface area contributed by atoms with E-state index in [0.29, 0.717) is 6.42 Å². The molecule has 0 aliphatic rings. The second-order valence-electron chi connectivity index (χ2n) is 3.19. The Morgan fingerprint density at radius 1 is 1.43 bits per heavy atom. The Hall–Kier alpha value is -0.870. The van der Waals surface area contributed by atoms with Crippen LogP contribution in [0.5, 0.6) is 0 Å². The van der Waals surface area contributed by atoms with Crippen molar-refractivity contribution in [3.63, 3.8) is 0 Å². The minimum absolute atomic E-state index is 0.00998. The van der Waals surface area contributed by atoms with Crippen LogP contribution in [0.25, 0.3) is 0 Å². The van der Waals surface area contributed by atoms with E-state index in [-0.39, 0.29) is 12.5 Å². The zero-order valence-corrected chi connectivity index (χ0v) is 9.20. The van der Waals surface area contributed by atoms with E-state index < -0.39 is 5.97 Å². The molecule has 76 valence electrons. The summed E-state index contributed by atoms with van der Waals surface area (Å²) >= 11 is 3.33. The number of carbonyl (C=O) groups is 1. The molecule has 0 heterocycles. The number of carboxylic acid groups (broad SMARTS) is 1. The van der Waals surface area contributed by atoms with Crippen LogP contribution in [0.4, 0.5) is 0 Å². The van der Waals surface area contributed by atoms with Gasteiger partial charge < -0.3 is 10.8 Å². The third-order valence-electron chi connectivity index (χ3n) is 1.85. The number of nitrogens with two attached hydrogens (primary N) is 1. The number of hydrogen-bond donors (Lipinski definition) is 2. The van der Waals surface area contributed by atoms with Crippen molar-refractivity contribution in [2.45, 2.75) is 18.9 Å². The van der Waals surface area contributed by atoms with E-state index in [1.165, 1.54) is 0 Å². The molecule has 0 saturated heterocycles. The minimum Gasteiger partial charge on any atom is -0.481 e. The summed E-state index contributed by atoms with van der Waals surface area (Å²) in [5.74, 6) is -0.852. The van der Waals surface area contributed by atoms with Crippen LogP contribution in [0.15, 0.2) is 28.7 Å². The highest BCUT2D eigenvalue weighted by atomic mass is 79.9. The summed E-state index contributed by atoms with van der Waals surface area (Å²) < 4.78 is 1.01. The van der Waals surface area contributed by atoms with Crippen molar-refractivity contribution in [1.29, 1.82) is 0 Å². The highest BCUT2D eigenvalue weighted by Gasteiger charge is 2.08. The van der Waals surface area contributed by atoms with E-state index in [9.17, 15) is 4.79 Å². The molecule has 1 atom stereocenters. The Labute approximate surface area is 91.1 Å². The molecule has 4 heteroatoms. The summed E-state index contributed by atoms with van der Waals surface area (Å²) in [6, 6.07) is 7.40. The van der Waals surface area contributed by atoms with E-state index in [2.05, 4.69) is 15.9 Å². The molecule has 1 rings (SSSR count). The van der Waals surface area contributed by atoms with Crippen molar-refractivity contribution in [2.24, 2.45) is 5.73 Å². The summed E-state index contributed by atoms with van der Waals surface area (Å²) in [5, 5.41) is 8.52. The number of rotatable bonds is 4. The molecule has 0 aromatic heterocycles. The van der Waals surface area contributed by atoms with Gasteiger partial charge in [0.1, 0.15) is 0 Å². The standard InChI is InChI=1S/C10H12BrNO2/c11-8-3-1-7(2-4-8)5-9(12)6-10(13)14/h1-4,9H,5-6,12H2,(H,13,14)/t9-/m1/s1. The first-order chi connectivity index (χ1) is 6.58. The largest absolute Gasteiger partial charge is 0.481 e. The lowest BCUT2D eigenvalue weighted by Crippen LogP contribution is -2.26. The SMILES string of the molecule is N[C@@H](CC(=O)O)Cc1ccc(Br)cc1. The predicted octanol–water partition coefficient (Wildman–Crippen LogP) is 1.79. The summed E-state index contributed by atoms with van der Waals surface area (Å²) in [4.78, 5) is 10.4. The maximum atomic E-state index is 10.4. The summed E-state index contributed by atoms with van der Waals surface area (Å²) in [6.45, 7) is 0. The van der Waals surface area contributed by atoms with Gasteiger partial charge in [-0.15, -0.1) is 0 Å². The van der Waals surface area contributed by atoms with Crippen molar-refractivity contribution in [1.82, 2.24) is 0 Å². The molecule has 1 aromatic rings. The molecule has 0 aliphatic heterocycles. The number of benzene rings is 1. The van der Waals surface area contributed by atoms with Crippen LogP contribution in [0.1, 0.15) is 12.0 Å². The molecular weight excluding hydrogens is 246 g/mol. The van der Waals surface area contributed by atoms with E-state index in [1.807, 2.05) is 24.3 Å². The Balaban J connectivity index is 2.51. The van der Waals surface area contributed by atoms with Gasteiger partial charge in [-0.3, -0.25) is 4.79 Å². The molecule has 0 unspecified atom stereocenters. The van der Waals surface area contributed by atoms with E-state index in [4.69, 9.17) is 10.8 Å². The maximum Gasteiger partial charge on any atom is 0.304 e. The number of aliphatic carboxylic acids is 1. The summed E-state index contributed by atoms with van der Waals surface area (Å²) in [7, 11) is 0. The molecule has 0 amide bonds. The van der Waals surface area contributed by atoms with Gasteiger partial charge in [0.2, 0.25) is 0 Å². The first-order valence-corrected chi connectivity index (χ1v) is 5.09. The fourth-order valence-corrected chi connectivity index (χ4v) is 1.48. The van der Waals surface area contributed by atoms with Crippen molar-refractivity contribution in [3.05, 3.63) is 34.3 Å². The molecule has 3 nitrogen and oxygen atoms in total. The van der Waals surface area contributed by atoms with Crippen molar-refractivity contribution in [3.8, 4) is 0 Å². The van der Waals surface area contributed by atoms with Crippen LogP contribution in [-0.4, -0.2) is 17.1 Å². The summed E-state index contributed by atoms with van der Waals surface area (Å²) in [5.41, 5.74) is 6.71. The predicted molar refractivity (Wildman–Crippen MR) is 58.1 cm³/mol. The molecular formula is C10H12BrNO2. The Morgan fingerprint density at radius 2 is 2.00 bits per heavy atom. The second kappa shape index (κ2) is 5.12. The molecule has 3 N–H and O–H groups in total. The normalized spacial score (nSPS) is 12.4. The number of halogens is 1. The molecule has 0 spiro atoms. The average molecular weight is 258 g/mol. The van der Waals surface area contributed by atoms with Crippen molar-refractivity contribution in [2.75, 3.05) is 0 Å². The van der Waals surface area contributed by atoms with E-state index >= 15 is 0 Å². The first-order valence-electron chi connectivity index (χ1n) is 4.30. The zero-order chi connectivity index (χ0) is 10.6. The van der Waals surface area contributed by atoms with Crippen LogP contribution in [-0.2, 0) is 11.2 Å². The van der Waals surface area contributed by atoms with Crippen molar-refractivity contribution < 1.29 is 9.90 Å². The van der Waals surface area contributed by atoms with Crippen LogP contribution in [0.2, 0.25) is 0 Å². The molecule has 1 aromatic carbocycles. The lowest BCUT2D eigenvalue weighted by Gasteiger charge is -2.08. The van der Waals surface area contributed by atoms with E-state index in [0.717, 1.165) is 10.0 Å². The highest BCUT2D eigenvalue weighted by Crippen LogP contribution is 2.12. The maximum absolute atomic E-state index is 10.4. The zero-order valence-electron chi connectivity index (χ0n) is 7.61. The quantitative estimate of drug-likeness (QED) is 0.865. The van der Waals surface area contributed by atoms with Gasteiger partial charge in [-0.1, -0.05) is 28.1 Å². The average Bonchev–Trinajstić information content (AvgIpc) is 2.07. The van der Waals surface area contributed by atoms with Crippen LogP contribution in [0, 0.1) is 0 Å². The molecule has 0 radical (unpaired) electrons. The molecule has 0 fully saturated rings. The lowest BCUT2D eigenvalue weighted by atomic mass is 10.0. The van der Waals surface area contributed by atoms with Gasteiger partial charge in [-0.25, -0.2) is 0 Å². The van der Waals surface area contributed by atoms with Gasteiger partial charge in [-0.2, -0.15) is 0 Å². The van der Waals surface area contributed by atoms with E-state index in [1.54, 1.807) is 0 Å². The first kappa shape index (κ1) is 11.2. The molecule has 14 heavy (non-hydrogen) atoms. The fourth-order valence-electron chi connectivity index (χ4n) is 1.22. The smallest absolute Gasteiger partial charge is 0.304 e. The topological polar surface area (TPSA) is 63.3 Å². The van der Waals surface area contributed by atoms with Crippen LogP contribution in [0.3, 0.4) is 0 Å². The van der Waals surface area contributed by atoms with Gasteiger partial charge >= 0.3 is 5.97 Å².